The molecule has 1 amide bonds. The summed E-state index contributed by atoms with van der Waals surface area (Å²) in [5.41, 5.74) is 3.72. The van der Waals surface area contributed by atoms with Crippen molar-refractivity contribution in [3.63, 3.8) is 0 Å². The molecule has 1 N–H and O–H groups in total. The molecule has 0 aromatic heterocycles. The van der Waals surface area contributed by atoms with E-state index in [4.69, 9.17) is 0 Å². The molecule has 3 aromatic carbocycles. The second-order valence-electron chi connectivity index (χ2n) is 7.99. The van der Waals surface area contributed by atoms with E-state index < -0.39 is 11.4 Å². The summed E-state index contributed by atoms with van der Waals surface area (Å²) in [6.07, 6.45) is 1.73. The van der Waals surface area contributed by atoms with Gasteiger partial charge >= 0.3 is 0 Å². The Hall–Kier alpha value is -4.26. The van der Waals surface area contributed by atoms with Crippen LogP contribution in [0.25, 0.3) is 22.2 Å². The lowest BCUT2D eigenvalue weighted by Gasteiger charge is -2.14. The number of para-hydroxylation sites is 1. The summed E-state index contributed by atoms with van der Waals surface area (Å²) in [5, 5.41) is 7.74. The van der Waals surface area contributed by atoms with Crippen LogP contribution in [0, 0.1) is 12.7 Å². The molecule has 3 aromatic rings. The lowest BCUT2D eigenvalue weighted by atomic mass is 10.1. The molecule has 5 rings (SSSR count). The number of benzene rings is 3. The largest absolute Gasteiger partial charge is 0.342 e. The quantitative estimate of drug-likeness (QED) is 0.439. The summed E-state index contributed by atoms with van der Waals surface area (Å²) in [6.45, 7) is 2.16. The Bertz CT molecular complexity index is 1500. The average Bonchev–Trinajstić information content (AvgIpc) is 3.11. The standard InChI is InChI=1S/C26H21FN4O2/c1-17-7-5-6-10-22(17)28-24(32)16-31-26(33)21-15-30(14-18-8-3-2-4-9-18)23-12-11-19(27)13-20(23)25(21)29-31/h2-13,15H,14,16H2,1H3,(H,28,32). The number of aromatic nitrogens is 3. The van der Waals surface area contributed by atoms with Crippen molar-refractivity contribution in [2.45, 2.75) is 20.0 Å². The minimum absolute atomic E-state index is 0.239. The molecule has 0 atom stereocenters. The van der Waals surface area contributed by atoms with Gasteiger partial charge in [0.15, 0.2) is 0 Å². The molecule has 6 nitrogen and oxygen atoms in total. The molecule has 0 spiro atoms. The Balaban J connectivity index is 1.56. The number of fused-ring (bicyclic) bond motifs is 3. The van der Waals surface area contributed by atoms with Gasteiger partial charge in [-0.25, -0.2) is 9.07 Å². The number of pyridine rings is 1. The predicted molar refractivity (Wildman–Crippen MR) is 126 cm³/mol. The first kappa shape index (κ1) is 20.6. The number of halogens is 1. The van der Waals surface area contributed by atoms with Crippen LogP contribution in [0.15, 0.2) is 83.8 Å². The fourth-order valence-corrected chi connectivity index (χ4v) is 4.01. The SMILES string of the molecule is Cc1ccccc1NC(=O)Cn1nc2c3cc(F)ccc3n(Cc3ccccc3)cc-2c1=O. The second-order valence-corrected chi connectivity index (χ2v) is 7.99. The molecule has 0 saturated heterocycles. The molecule has 0 bridgehead atoms. The normalized spacial score (nSPS) is 11.2. The third kappa shape index (κ3) is 4.01. The Morgan fingerprint density at radius 3 is 2.58 bits per heavy atom. The minimum atomic E-state index is -0.416. The van der Waals surface area contributed by atoms with Crippen molar-refractivity contribution in [1.29, 1.82) is 0 Å². The zero-order valence-electron chi connectivity index (χ0n) is 18.0. The van der Waals surface area contributed by atoms with Crippen LogP contribution in [0.5, 0.6) is 0 Å². The first-order chi connectivity index (χ1) is 16.0. The number of nitrogens with one attached hydrogen (secondary N) is 1. The smallest absolute Gasteiger partial charge is 0.278 e. The molecular weight excluding hydrogens is 419 g/mol. The molecule has 0 fully saturated rings. The number of hydrogen-bond acceptors (Lipinski definition) is 3. The van der Waals surface area contributed by atoms with Crippen LogP contribution in [0.4, 0.5) is 10.1 Å². The van der Waals surface area contributed by atoms with E-state index in [0.29, 0.717) is 28.9 Å². The zero-order chi connectivity index (χ0) is 22.9. The highest BCUT2D eigenvalue weighted by Gasteiger charge is 2.22. The minimum Gasteiger partial charge on any atom is -0.342 e. The van der Waals surface area contributed by atoms with Gasteiger partial charge in [-0.3, -0.25) is 9.59 Å². The van der Waals surface area contributed by atoms with Crippen LogP contribution in [0.2, 0.25) is 0 Å². The Kier molecular flexibility index (Phi) is 5.22. The van der Waals surface area contributed by atoms with Crippen LogP contribution in [0.3, 0.4) is 0 Å². The number of nitrogens with zero attached hydrogens (tertiary/aromatic N) is 3. The topological polar surface area (TPSA) is 68.9 Å². The fraction of sp³-hybridized carbons (Fsp3) is 0.115. The predicted octanol–water partition coefficient (Wildman–Crippen LogP) is 4.44. The van der Waals surface area contributed by atoms with Gasteiger partial charge in [-0.05, 0) is 42.3 Å². The highest BCUT2D eigenvalue weighted by atomic mass is 19.1. The second kappa shape index (κ2) is 8.35. The lowest BCUT2D eigenvalue weighted by Crippen LogP contribution is -2.26. The van der Waals surface area contributed by atoms with Crippen molar-refractivity contribution >= 4 is 22.5 Å². The summed E-state index contributed by atoms with van der Waals surface area (Å²) in [7, 11) is 0. The Morgan fingerprint density at radius 1 is 1.03 bits per heavy atom. The molecular formula is C26H21FN4O2. The van der Waals surface area contributed by atoms with Crippen molar-refractivity contribution < 1.29 is 9.18 Å². The van der Waals surface area contributed by atoms with Crippen molar-refractivity contribution in [3.05, 3.63) is 106 Å². The van der Waals surface area contributed by atoms with E-state index in [2.05, 4.69) is 10.4 Å². The van der Waals surface area contributed by atoms with Gasteiger partial charge in [0.25, 0.3) is 5.56 Å². The summed E-state index contributed by atoms with van der Waals surface area (Å²) in [5.74, 6) is -0.776. The van der Waals surface area contributed by atoms with Gasteiger partial charge in [-0.2, -0.15) is 5.10 Å². The van der Waals surface area contributed by atoms with Gasteiger partial charge in [-0.15, -0.1) is 0 Å². The van der Waals surface area contributed by atoms with Crippen molar-refractivity contribution in [2.75, 3.05) is 5.32 Å². The number of anilines is 1. The van der Waals surface area contributed by atoms with Crippen LogP contribution in [-0.4, -0.2) is 20.3 Å². The molecule has 0 radical (unpaired) electrons. The van der Waals surface area contributed by atoms with E-state index in [1.807, 2.05) is 60.0 Å². The monoisotopic (exact) mass is 440 g/mol. The van der Waals surface area contributed by atoms with E-state index >= 15 is 0 Å². The molecule has 2 heterocycles. The zero-order valence-corrected chi connectivity index (χ0v) is 18.0. The summed E-state index contributed by atoms with van der Waals surface area (Å²) < 4.78 is 17.2. The van der Waals surface area contributed by atoms with Gasteiger partial charge < -0.3 is 9.88 Å². The first-order valence-electron chi connectivity index (χ1n) is 10.6. The number of aryl methyl sites for hydroxylation is 1. The van der Waals surface area contributed by atoms with Crippen molar-refractivity contribution in [2.24, 2.45) is 0 Å². The van der Waals surface area contributed by atoms with Crippen LogP contribution < -0.4 is 10.9 Å². The fourth-order valence-electron chi connectivity index (χ4n) is 4.01. The van der Waals surface area contributed by atoms with E-state index in [9.17, 15) is 14.0 Å². The maximum absolute atomic E-state index is 14.1. The molecule has 2 aliphatic heterocycles. The third-order valence-electron chi connectivity index (χ3n) is 5.66. The van der Waals surface area contributed by atoms with E-state index in [1.54, 1.807) is 18.3 Å². The van der Waals surface area contributed by atoms with E-state index in [0.717, 1.165) is 21.3 Å². The number of rotatable bonds is 5. The van der Waals surface area contributed by atoms with E-state index in [1.165, 1.54) is 12.1 Å². The summed E-state index contributed by atoms with van der Waals surface area (Å²) in [6, 6.07) is 21.7. The number of carbonyl (C=O) groups is 1. The van der Waals surface area contributed by atoms with Gasteiger partial charge in [-0.1, -0.05) is 48.5 Å². The maximum Gasteiger partial charge on any atom is 0.278 e. The highest BCUT2D eigenvalue weighted by molar-refractivity contribution is 5.94. The number of hydrogen-bond donors (Lipinski definition) is 1. The Labute approximate surface area is 189 Å². The number of amides is 1. The molecule has 0 unspecified atom stereocenters. The van der Waals surface area contributed by atoms with Crippen LogP contribution in [0.1, 0.15) is 11.1 Å². The molecule has 0 aliphatic carbocycles. The van der Waals surface area contributed by atoms with Gasteiger partial charge in [0.2, 0.25) is 5.91 Å². The molecule has 7 heteroatoms. The van der Waals surface area contributed by atoms with Crippen molar-refractivity contribution in [1.82, 2.24) is 14.3 Å². The van der Waals surface area contributed by atoms with Crippen LogP contribution >= 0.6 is 0 Å². The molecule has 0 saturated carbocycles. The van der Waals surface area contributed by atoms with Crippen LogP contribution in [-0.2, 0) is 17.9 Å². The van der Waals surface area contributed by atoms with Gasteiger partial charge in [0.05, 0.1) is 11.1 Å². The number of carbonyl (C=O) groups excluding carboxylic acids is 1. The molecule has 2 aliphatic rings. The molecule has 33 heavy (non-hydrogen) atoms. The summed E-state index contributed by atoms with van der Waals surface area (Å²) in [4.78, 5) is 25.7. The third-order valence-corrected chi connectivity index (χ3v) is 5.66. The van der Waals surface area contributed by atoms with Gasteiger partial charge in [0, 0.05) is 23.8 Å². The van der Waals surface area contributed by atoms with Crippen molar-refractivity contribution in [3.8, 4) is 11.3 Å². The summed E-state index contributed by atoms with van der Waals surface area (Å²) >= 11 is 0. The molecule has 164 valence electrons. The lowest BCUT2D eigenvalue weighted by molar-refractivity contribution is -0.116. The van der Waals surface area contributed by atoms with E-state index in [-0.39, 0.29) is 12.5 Å². The first-order valence-corrected chi connectivity index (χ1v) is 10.6. The Morgan fingerprint density at radius 2 is 1.79 bits per heavy atom. The highest BCUT2D eigenvalue weighted by Crippen LogP contribution is 2.28. The maximum atomic E-state index is 14.1. The average molecular weight is 440 g/mol. The van der Waals surface area contributed by atoms with Gasteiger partial charge in [0.1, 0.15) is 18.1 Å².